The van der Waals surface area contributed by atoms with Gasteiger partial charge in [0.2, 0.25) is 5.89 Å². The lowest BCUT2D eigenvalue weighted by Crippen LogP contribution is -2.25. The van der Waals surface area contributed by atoms with Crippen molar-refractivity contribution in [3.63, 3.8) is 0 Å². The summed E-state index contributed by atoms with van der Waals surface area (Å²) in [5, 5.41) is 3.30. The van der Waals surface area contributed by atoms with Crippen LogP contribution in [0.4, 0.5) is 0 Å². The maximum Gasteiger partial charge on any atom is 0.245 e. The van der Waals surface area contributed by atoms with Crippen molar-refractivity contribution in [1.82, 2.24) is 15.3 Å². The van der Waals surface area contributed by atoms with Gasteiger partial charge in [-0.15, -0.1) is 0 Å². The van der Waals surface area contributed by atoms with Gasteiger partial charge in [0.25, 0.3) is 0 Å². The van der Waals surface area contributed by atoms with Crippen LogP contribution in [0.2, 0.25) is 0 Å². The number of nitrogens with zero attached hydrogens (tertiary/aromatic N) is 2. The topological polar surface area (TPSA) is 51.0 Å². The molecule has 0 bridgehead atoms. The summed E-state index contributed by atoms with van der Waals surface area (Å²) in [6.07, 6.45) is 1.75. The molecule has 16 heavy (non-hydrogen) atoms. The molecule has 0 spiro atoms. The van der Waals surface area contributed by atoms with E-state index in [0.717, 1.165) is 30.2 Å². The summed E-state index contributed by atoms with van der Waals surface area (Å²) < 4.78 is 5.73. The molecule has 1 N–H and O–H groups in total. The molecule has 4 heteroatoms. The number of pyridine rings is 1. The Hall–Kier alpha value is -1.68. The third-order valence-corrected chi connectivity index (χ3v) is 2.81. The predicted octanol–water partition coefficient (Wildman–Crippen LogP) is 1.94. The molecule has 0 aromatic carbocycles. The van der Waals surface area contributed by atoms with Crippen LogP contribution in [0.15, 0.2) is 28.8 Å². The van der Waals surface area contributed by atoms with Crippen LogP contribution in [0.1, 0.15) is 24.3 Å². The fourth-order valence-electron chi connectivity index (χ4n) is 1.97. The van der Waals surface area contributed by atoms with Gasteiger partial charge in [0.1, 0.15) is 11.5 Å². The molecule has 2 aromatic heterocycles. The largest absolute Gasteiger partial charge is 0.438 e. The fraction of sp³-hybridized carbons (Fsp3) is 0.333. The van der Waals surface area contributed by atoms with Crippen molar-refractivity contribution >= 4 is 0 Å². The van der Waals surface area contributed by atoms with Crippen molar-refractivity contribution in [3.8, 4) is 11.6 Å². The molecule has 0 aliphatic carbocycles. The third kappa shape index (κ3) is 1.51. The molecule has 0 saturated carbocycles. The smallest absolute Gasteiger partial charge is 0.245 e. The summed E-state index contributed by atoms with van der Waals surface area (Å²) in [5.41, 5.74) is 1.86. The average molecular weight is 215 g/mol. The summed E-state index contributed by atoms with van der Waals surface area (Å²) in [4.78, 5) is 8.77. The van der Waals surface area contributed by atoms with Gasteiger partial charge in [-0.05, 0) is 12.1 Å². The number of hydrogen-bond donors (Lipinski definition) is 1. The highest BCUT2D eigenvalue weighted by Crippen LogP contribution is 2.27. The predicted molar refractivity (Wildman–Crippen MR) is 59.9 cm³/mol. The van der Waals surface area contributed by atoms with E-state index in [1.165, 1.54) is 0 Å². The lowest BCUT2D eigenvalue weighted by molar-refractivity contribution is 0.451. The minimum atomic E-state index is 0.407. The zero-order chi connectivity index (χ0) is 11.0. The molecular formula is C12H13N3O. The molecule has 0 amide bonds. The number of rotatable bonds is 1. The number of fused-ring (bicyclic) bond motifs is 1. The molecule has 1 atom stereocenters. The number of oxazole rings is 1. The van der Waals surface area contributed by atoms with E-state index in [4.69, 9.17) is 4.42 Å². The molecule has 3 heterocycles. The van der Waals surface area contributed by atoms with Crippen molar-refractivity contribution in [2.45, 2.75) is 19.4 Å². The first-order valence-electron chi connectivity index (χ1n) is 5.46. The summed E-state index contributed by atoms with van der Waals surface area (Å²) in [6, 6.07) is 5.74. The highest BCUT2D eigenvalue weighted by atomic mass is 16.4. The standard InChI is InChI=1S/C12H13N3O/c1-8-6-13-7-10-11(8)15-12(16-10)9-4-2-3-5-14-9/h2-5,8,13H,6-7H2,1H3. The summed E-state index contributed by atoms with van der Waals surface area (Å²) in [6.45, 7) is 3.87. The van der Waals surface area contributed by atoms with E-state index in [1.54, 1.807) is 6.20 Å². The SMILES string of the molecule is CC1CNCc2oc(-c3ccccn3)nc21. The van der Waals surface area contributed by atoms with E-state index in [9.17, 15) is 0 Å². The van der Waals surface area contributed by atoms with Gasteiger partial charge in [0, 0.05) is 18.7 Å². The number of aromatic nitrogens is 2. The maximum atomic E-state index is 5.73. The Bertz CT molecular complexity index is 492. The van der Waals surface area contributed by atoms with Gasteiger partial charge in [-0.3, -0.25) is 4.98 Å². The van der Waals surface area contributed by atoms with E-state index in [1.807, 2.05) is 18.2 Å². The van der Waals surface area contributed by atoms with Gasteiger partial charge in [0.05, 0.1) is 12.2 Å². The Balaban J connectivity index is 2.05. The summed E-state index contributed by atoms with van der Waals surface area (Å²) in [7, 11) is 0. The third-order valence-electron chi connectivity index (χ3n) is 2.81. The zero-order valence-electron chi connectivity index (χ0n) is 9.10. The number of hydrogen-bond acceptors (Lipinski definition) is 4. The maximum absolute atomic E-state index is 5.73. The Morgan fingerprint density at radius 2 is 2.38 bits per heavy atom. The molecule has 2 aromatic rings. The van der Waals surface area contributed by atoms with Crippen molar-refractivity contribution in [1.29, 1.82) is 0 Å². The van der Waals surface area contributed by atoms with Crippen LogP contribution in [0, 0.1) is 0 Å². The fourth-order valence-corrected chi connectivity index (χ4v) is 1.97. The van der Waals surface area contributed by atoms with E-state index in [0.29, 0.717) is 11.8 Å². The van der Waals surface area contributed by atoms with Gasteiger partial charge in [-0.2, -0.15) is 0 Å². The second-order valence-electron chi connectivity index (χ2n) is 4.07. The lowest BCUT2D eigenvalue weighted by Gasteiger charge is -2.16. The monoisotopic (exact) mass is 215 g/mol. The first kappa shape index (κ1) is 9.54. The minimum Gasteiger partial charge on any atom is -0.438 e. The molecular weight excluding hydrogens is 202 g/mol. The highest BCUT2D eigenvalue weighted by Gasteiger charge is 2.23. The first-order valence-corrected chi connectivity index (χ1v) is 5.46. The van der Waals surface area contributed by atoms with Crippen LogP contribution in [0.5, 0.6) is 0 Å². The van der Waals surface area contributed by atoms with Crippen LogP contribution in [0.3, 0.4) is 0 Å². The minimum absolute atomic E-state index is 0.407. The molecule has 82 valence electrons. The Morgan fingerprint density at radius 3 is 3.12 bits per heavy atom. The van der Waals surface area contributed by atoms with Crippen LogP contribution in [0.25, 0.3) is 11.6 Å². The average Bonchev–Trinajstić information content (AvgIpc) is 2.76. The molecule has 4 nitrogen and oxygen atoms in total. The molecule has 0 saturated heterocycles. The van der Waals surface area contributed by atoms with Crippen LogP contribution < -0.4 is 5.32 Å². The molecule has 1 aliphatic heterocycles. The molecule has 0 fully saturated rings. The second-order valence-corrected chi connectivity index (χ2v) is 4.07. The quantitative estimate of drug-likeness (QED) is 0.789. The van der Waals surface area contributed by atoms with Crippen LogP contribution in [-0.2, 0) is 6.54 Å². The first-order chi connectivity index (χ1) is 7.84. The van der Waals surface area contributed by atoms with Gasteiger partial charge in [-0.1, -0.05) is 13.0 Å². The Kier molecular flexibility index (Phi) is 2.22. The van der Waals surface area contributed by atoms with Crippen molar-refractivity contribution < 1.29 is 4.42 Å². The zero-order valence-corrected chi connectivity index (χ0v) is 9.10. The summed E-state index contributed by atoms with van der Waals surface area (Å²) >= 11 is 0. The molecule has 1 aliphatic rings. The van der Waals surface area contributed by atoms with Gasteiger partial charge in [0.15, 0.2) is 0 Å². The molecule has 1 unspecified atom stereocenters. The van der Waals surface area contributed by atoms with E-state index in [-0.39, 0.29) is 0 Å². The van der Waals surface area contributed by atoms with Gasteiger partial charge in [-0.25, -0.2) is 4.98 Å². The summed E-state index contributed by atoms with van der Waals surface area (Å²) in [5.74, 6) is 1.98. The number of nitrogens with one attached hydrogen (secondary N) is 1. The van der Waals surface area contributed by atoms with E-state index < -0.39 is 0 Å². The van der Waals surface area contributed by atoms with Gasteiger partial charge < -0.3 is 9.73 Å². The van der Waals surface area contributed by atoms with Crippen LogP contribution >= 0.6 is 0 Å². The molecule has 0 radical (unpaired) electrons. The Morgan fingerprint density at radius 1 is 1.44 bits per heavy atom. The van der Waals surface area contributed by atoms with Crippen molar-refractivity contribution in [3.05, 3.63) is 35.9 Å². The highest BCUT2D eigenvalue weighted by molar-refractivity contribution is 5.47. The van der Waals surface area contributed by atoms with Crippen molar-refractivity contribution in [2.24, 2.45) is 0 Å². The van der Waals surface area contributed by atoms with E-state index >= 15 is 0 Å². The van der Waals surface area contributed by atoms with Gasteiger partial charge >= 0.3 is 0 Å². The van der Waals surface area contributed by atoms with E-state index in [2.05, 4.69) is 22.2 Å². The second kappa shape index (κ2) is 3.72. The molecule has 3 rings (SSSR count). The normalized spacial score (nSPS) is 19.4. The lowest BCUT2D eigenvalue weighted by atomic mass is 10.0. The van der Waals surface area contributed by atoms with Crippen LogP contribution in [-0.4, -0.2) is 16.5 Å². The van der Waals surface area contributed by atoms with Crippen molar-refractivity contribution in [2.75, 3.05) is 6.54 Å². The Labute approximate surface area is 93.7 Å².